The van der Waals surface area contributed by atoms with Crippen molar-refractivity contribution >= 4 is 29.5 Å². The average Bonchev–Trinajstić information content (AvgIpc) is 3.01. The fraction of sp³-hybridized carbons (Fsp3) is 0.455. The number of hydrogen-bond donors (Lipinski definition) is 3. The maximum atomic E-state index is 11.8. The van der Waals surface area contributed by atoms with Crippen LogP contribution in [-0.2, 0) is 20.8 Å². The Balaban J connectivity index is 1.89. The number of thioether (sulfide) groups is 1. The molecule has 2 heterocycles. The van der Waals surface area contributed by atoms with Gasteiger partial charge in [-0.25, -0.2) is 9.78 Å². The Hall–Kier alpha value is -2.03. The molecular formula is C11H14N4O4S. The number of rotatable bonds is 6. The highest BCUT2D eigenvalue weighted by atomic mass is 32.2. The highest BCUT2D eigenvalue weighted by Crippen LogP contribution is 2.14. The summed E-state index contributed by atoms with van der Waals surface area (Å²) in [6.45, 7) is -0.113. The van der Waals surface area contributed by atoms with Crippen LogP contribution in [0.2, 0.25) is 0 Å². The third kappa shape index (κ3) is 3.73. The molecule has 0 aliphatic carbocycles. The first kappa shape index (κ1) is 14.4. The molecule has 8 nitrogen and oxygen atoms in total. The standard InChI is InChI=1S/C11H14N4O4S/c16-9(3-15-6-20-4-10(15)17)14-8(11(18)19)1-7-2-12-5-13-7/h2,5,8H,1,3-4,6H2,(H,12,13)(H,14,16)(H,18,19)/t8-/m1/s1. The highest BCUT2D eigenvalue weighted by Gasteiger charge is 2.26. The van der Waals surface area contributed by atoms with Crippen LogP contribution in [0.15, 0.2) is 12.5 Å². The number of nitrogens with one attached hydrogen (secondary N) is 2. The molecular weight excluding hydrogens is 284 g/mol. The van der Waals surface area contributed by atoms with E-state index in [0.717, 1.165) is 0 Å². The van der Waals surface area contributed by atoms with Gasteiger partial charge in [-0.15, -0.1) is 11.8 Å². The van der Waals surface area contributed by atoms with Crippen molar-refractivity contribution in [3.8, 4) is 0 Å². The minimum absolute atomic E-state index is 0.106. The van der Waals surface area contributed by atoms with E-state index in [9.17, 15) is 14.4 Å². The molecule has 1 aliphatic rings. The van der Waals surface area contributed by atoms with E-state index >= 15 is 0 Å². The SMILES string of the molecule is O=C(CN1CSCC1=O)N[C@H](Cc1cnc[nH]1)C(=O)O. The van der Waals surface area contributed by atoms with E-state index in [1.54, 1.807) is 0 Å². The molecule has 9 heteroatoms. The van der Waals surface area contributed by atoms with Crippen molar-refractivity contribution in [1.29, 1.82) is 0 Å². The Morgan fingerprint density at radius 2 is 2.40 bits per heavy atom. The summed E-state index contributed by atoms with van der Waals surface area (Å²) < 4.78 is 0. The van der Waals surface area contributed by atoms with Gasteiger partial charge >= 0.3 is 5.97 Å². The zero-order valence-electron chi connectivity index (χ0n) is 10.5. The average molecular weight is 298 g/mol. The fourth-order valence-corrected chi connectivity index (χ4v) is 2.67. The number of carbonyl (C=O) groups excluding carboxylic acids is 2. The van der Waals surface area contributed by atoms with Crippen molar-refractivity contribution in [2.45, 2.75) is 12.5 Å². The predicted octanol–water partition coefficient (Wildman–Crippen LogP) is -0.945. The molecule has 2 amide bonds. The van der Waals surface area contributed by atoms with E-state index < -0.39 is 17.9 Å². The van der Waals surface area contributed by atoms with Crippen LogP contribution in [0, 0.1) is 0 Å². The molecule has 20 heavy (non-hydrogen) atoms. The molecule has 0 radical (unpaired) electrons. The number of aromatic amines is 1. The van der Waals surface area contributed by atoms with Crippen molar-refractivity contribution in [2.24, 2.45) is 0 Å². The van der Waals surface area contributed by atoms with Gasteiger partial charge < -0.3 is 20.3 Å². The molecule has 1 fully saturated rings. The summed E-state index contributed by atoms with van der Waals surface area (Å²) >= 11 is 1.43. The van der Waals surface area contributed by atoms with Crippen LogP contribution in [0.25, 0.3) is 0 Å². The van der Waals surface area contributed by atoms with Gasteiger partial charge in [-0.3, -0.25) is 9.59 Å². The van der Waals surface area contributed by atoms with Gasteiger partial charge in [0.2, 0.25) is 11.8 Å². The molecule has 0 saturated carbocycles. The number of aromatic nitrogens is 2. The van der Waals surface area contributed by atoms with E-state index in [1.165, 1.54) is 29.2 Å². The van der Waals surface area contributed by atoms with Crippen molar-refractivity contribution in [3.63, 3.8) is 0 Å². The molecule has 1 saturated heterocycles. The van der Waals surface area contributed by atoms with Gasteiger partial charge in [0.25, 0.3) is 0 Å². The molecule has 0 unspecified atom stereocenters. The number of hydrogen-bond acceptors (Lipinski definition) is 5. The van der Waals surface area contributed by atoms with E-state index in [2.05, 4.69) is 15.3 Å². The molecule has 1 aliphatic heterocycles. The minimum atomic E-state index is -1.13. The lowest BCUT2D eigenvalue weighted by molar-refractivity contribution is -0.142. The number of aliphatic carboxylic acids is 1. The second-order valence-electron chi connectivity index (χ2n) is 4.31. The van der Waals surface area contributed by atoms with Crippen molar-refractivity contribution < 1.29 is 19.5 Å². The lowest BCUT2D eigenvalue weighted by Gasteiger charge is -2.17. The zero-order chi connectivity index (χ0) is 14.5. The second kappa shape index (κ2) is 6.42. The topological polar surface area (TPSA) is 115 Å². The summed E-state index contributed by atoms with van der Waals surface area (Å²) in [6.07, 6.45) is 3.06. The van der Waals surface area contributed by atoms with Crippen LogP contribution in [-0.4, -0.2) is 62.0 Å². The van der Waals surface area contributed by atoms with E-state index in [0.29, 0.717) is 17.3 Å². The smallest absolute Gasteiger partial charge is 0.326 e. The molecule has 1 atom stereocenters. The van der Waals surface area contributed by atoms with Crippen LogP contribution in [0.1, 0.15) is 5.69 Å². The van der Waals surface area contributed by atoms with Gasteiger partial charge in [0.15, 0.2) is 0 Å². The van der Waals surface area contributed by atoms with Crippen molar-refractivity contribution in [1.82, 2.24) is 20.2 Å². The first-order chi connectivity index (χ1) is 9.56. The van der Waals surface area contributed by atoms with Crippen LogP contribution in [0.3, 0.4) is 0 Å². The number of carboxylic acid groups (broad SMARTS) is 1. The van der Waals surface area contributed by atoms with Crippen LogP contribution < -0.4 is 5.32 Å². The lowest BCUT2D eigenvalue weighted by atomic mass is 10.1. The van der Waals surface area contributed by atoms with Crippen molar-refractivity contribution in [2.75, 3.05) is 18.2 Å². The number of carbonyl (C=O) groups is 3. The number of amides is 2. The molecule has 0 spiro atoms. The molecule has 108 valence electrons. The summed E-state index contributed by atoms with van der Waals surface area (Å²) in [5.41, 5.74) is 0.616. The fourth-order valence-electron chi connectivity index (χ4n) is 1.77. The quantitative estimate of drug-likeness (QED) is 0.624. The van der Waals surface area contributed by atoms with Gasteiger partial charge in [0.1, 0.15) is 12.6 Å². The Morgan fingerprint density at radius 3 is 2.95 bits per heavy atom. The Morgan fingerprint density at radius 1 is 1.60 bits per heavy atom. The molecule has 0 bridgehead atoms. The number of H-pyrrole nitrogens is 1. The molecule has 1 aromatic rings. The summed E-state index contributed by atoms with van der Waals surface area (Å²) in [7, 11) is 0. The normalized spacial score (nSPS) is 16.2. The number of nitrogens with zero attached hydrogens (tertiary/aromatic N) is 2. The third-order valence-corrected chi connectivity index (χ3v) is 3.72. The van der Waals surface area contributed by atoms with Gasteiger partial charge in [-0.1, -0.05) is 0 Å². The largest absolute Gasteiger partial charge is 0.480 e. The van der Waals surface area contributed by atoms with Crippen LogP contribution in [0.5, 0.6) is 0 Å². The van der Waals surface area contributed by atoms with Gasteiger partial charge in [-0.05, 0) is 0 Å². The predicted molar refractivity (Wildman–Crippen MR) is 70.9 cm³/mol. The highest BCUT2D eigenvalue weighted by molar-refractivity contribution is 8.00. The maximum absolute atomic E-state index is 11.8. The number of carboxylic acids is 1. The first-order valence-corrected chi connectivity index (χ1v) is 7.06. The van der Waals surface area contributed by atoms with Crippen LogP contribution in [0.4, 0.5) is 0 Å². The van der Waals surface area contributed by atoms with Gasteiger partial charge in [0, 0.05) is 18.3 Å². The monoisotopic (exact) mass is 298 g/mol. The van der Waals surface area contributed by atoms with Crippen molar-refractivity contribution in [3.05, 3.63) is 18.2 Å². The zero-order valence-corrected chi connectivity index (χ0v) is 11.4. The molecule has 2 rings (SSSR count). The Labute approximate surface area is 118 Å². The second-order valence-corrected chi connectivity index (χ2v) is 5.26. The third-order valence-electron chi connectivity index (χ3n) is 2.77. The Kier molecular flexibility index (Phi) is 4.61. The summed E-state index contributed by atoms with van der Waals surface area (Å²) in [4.78, 5) is 42.3. The number of imidazole rings is 1. The summed E-state index contributed by atoms with van der Waals surface area (Å²) in [6, 6.07) is -1.05. The van der Waals surface area contributed by atoms with E-state index in [1.807, 2.05) is 0 Å². The van der Waals surface area contributed by atoms with Crippen LogP contribution >= 0.6 is 11.8 Å². The molecule has 1 aromatic heterocycles. The lowest BCUT2D eigenvalue weighted by Crippen LogP contribution is -2.47. The van der Waals surface area contributed by atoms with Gasteiger partial charge in [-0.2, -0.15) is 0 Å². The molecule has 3 N–H and O–H groups in total. The minimum Gasteiger partial charge on any atom is -0.480 e. The van der Waals surface area contributed by atoms with E-state index in [-0.39, 0.29) is 18.9 Å². The summed E-state index contributed by atoms with van der Waals surface area (Å²) in [5, 5.41) is 11.5. The maximum Gasteiger partial charge on any atom is 0.326 e. The van der Waals surface area contributed by atoms with Gasteiger partial charge in [0.05, 0.1) is 18.0 Å². The first-order valence-electron chi connectivity index (χ1n) is 5.91. The molecule has 0 aromatic carbocycles. The summed E-state index contributed by atoms with van der Waals surface area (Å²) in [5.74, 6) is -0.887. The Bertz CT molecular complexity index is 505. The van der Waals surface area contributed by atoms with E-state index in [4.69, 9.17) is 5.11 Å².